The van der Waals surface area contributed by atoms with Crippen molar-refractivity contribution in [1.82, 2.24) is 20.9 Å². The molecule has 6 nitrogen and oxygen atoms in total. The molecule has 0 aliphatic carbocycles. The fraction of sp³-hybridized carbons (Fsp3) is 0.353. The molecule has 3 N–H and O–H groups in total. The third-order valence-corrected chi connectivity index (χ3v) is 3.41. The van der Waals surface area contributed by atoms with Crippen molar-refractivity contribution in [1.29, 1.82) is 0 Å². The highest BCUT2D eigenvalue weighted by Crippen LogP contribution is 2.19. The zero-order valence-electron chi connectivity index (χ0n) is 13.6. The number of carbonyl (C=O) groups excluding carboxylic acids is 2. The molecule has 0 radical (unpaired) electrons. The normalized spacial score (nSPS) is 10.6. The molecule has 1 aromatic carbocycles. The van der Waals surface area contributed by atoms with Crippen LogP contribution in [0.1, 0.15) is 29.8 Å². The minimum Gasteiger partial charge on any atom is -0.350 e. The predicted octanol–water partition coefficient (Wildman–Crippen LogP) is 1.98. The van der Waals surface area contributed by atoms with Gasteiger partial charge in [-0.15, -0.1) is 0 Å². The highest BCUT2D eigenvalue weighted by molar-refractivity contribution is 5.99. The number of amides is 3. The van der Waals surface area contributed by atoms with Gasteiger partial charge in [-0.3, -0.25) is 9.78 Å². The van der Waals surface area contributed by atoms with E-state index in [-0.39, 0.29) is 18.0 Å². The lowest BCUT2D eigenvalue weighted by molar-refractivity contribution is 0.0953. The molecule has 0 spiro atoms. The summed E-state index contributed by atoms with van der Waals surface area (Å²) in [6.07, 6.45) is 1.59. The number of pyridine rings is 1. The van der Waals surface area contributed by atoms with E-state index in [4.69, 9.17) is 0 Å². The number of nitrogens with zero attached hydrogens (tertiary/aromatic N) is 1. The SMILES string of the molecule is Cc1c(C(=O)NCCNC(=O)NC(C)C)cnc2ccccc12. The summed E-state index contributed by atoms with van der Waals surface area (Å²) < 4.78 is 0. The van der Waals surface area contributed by atoms with Gasteiger partial charge in [0.1, 0.15) is 0 Å². The molecule has 1 heterocycles. The van der Waals surface area contributed by atoms with E-state index in [0.717, 1.165) is 16.5 Å². The van der Waals surface area contributed by atoms with Gasteiger partial charge in [0, 0.05) is 30.7 Å². The Morgan fingerprint density at radius 2 is 1.83 bits per heavy atom. The van der Waals surface area contributed by atoms with Crippen LogP contribution in [-0.4, -0.2) is 36.1 Å². The van der Waals surface area contributed by atoms with Crippen LogP contribution in [0.2, 0.25) is 0 Å². The third-order valence-electron chi connectivity index (χ3n) is 3.41. The fourth-order valence-corrected chi connectivity index (χ4v) is 2.27. The van der Waals surface area contributed by atoms with Gasteiger partial charge >= 0.3 is 6.03 Å². The molecule has 0 saturated heterocycles. The molecular weight excluding hydrogens is 292 g/mol. The molecule has 3 amide bonds. The fourth-order valence-electron chi connectivity index (χ4n) is 2.27. The van der Waals surface area contributed by atoms with Crippen molar-refractivity contribution in [3.8, 4) is 0 Å². The zero-order valence-corrected chi connectivity index (χ0v) is 13.6. The number of fused-ring (bicyclic) bond motifs is 1. The Kier molecular flexibility index (Phi) is 5.51. The summed E-state index contributed by atoms with van der Waals surface area (Å²) in [4.78, 5) is 28.0. The molecule has 122 valence electrons. The first kappa shape index (κ1) is 16.7. The summed E-state index contributed by atoms with van der Waals surface area (Å²) in [5.41, 5.74) is 2.32. The zero-order chi connectivity index (χ0) is 16.8. The monoisotopic (exact) mass is 314 g/mol. The maximum Gasteiger partial charge on any atom is 0.315 e. The molecule has 0 fully saturated rings. The van der Waals surface area contributed by atoms with E-state index < -0.39 is 0 Å². The van der Waals surface area contributed by atoms with E-state index in [1.165, 1.54) is 0 Å². The topological polar surface area (TPSA) is 83.1 Å². The Morgan fingerprint density at radius 3 is 2.57 bits per heavy atom. The van der Waals surface area contributed by atoms with Crippen LogP contribution in [0, 0.1) is 6.92 Å². The van der Waals surface area contributed by atoms with Crippen molar-refractivity contribution in [3.05, 3.63) is 41.6 Å². The van der Waals surface area contributed by atoms with Gasteiger partial charge in [-0.1, -0.05) is 18.2 Å². The van der Waals surface area contributed by atoms with Gasteiger partial charge in [-0.2, -0.15) is 0 Å². The van der Waals surface area contributed by atoms with E-state index in [1.54, 1.807) is 6.20 Å². The third kappa shape index (κ3) is 4.42. The van der Waals surface area contributed by atoms with Crippen molar-refractivity contribution in [2.24, 2.45) is 0 Å². The van der Waals surface area contributed by atoms with Gasteiger partial charge in [0.05, 0.1) is 11.1 Å². The summed E-state index contributed by atoms with van der Waals surface area (Å²) in [6, 6.07) is 7.56. The molecule has 2 aromatic rings. The van der Waals surface area contributed by atoms with Crippen molar-refractivity contribution >= 4 is 22.8 Å². The maximum absolute atomic E-state index is 12.3. The molecule has 23 heavy (non-hydrogen) atoms. The molecular formula is C17H22N4O2. The molecule has 0 atom stereocenters. The molecule has 0 aliphatic rings. The number of aryl methyl sites for hydroxylation is 1. The van der Waals surface area contributed by atoms with Crippen LogP contribution in [-0.2, 0) is 0 Å². The number of hydrogen-bond donors (Lipinski definition) is 3. The van der Waals surface area contributed by atoms with Gasteiger partial charge in [0.2, 0.25) is 0 Å². The van der Waals surface area contributed by atoms with E-state index in [9.17, 15) is 9.59 Å². The highest BCUT2D eigenvalue weighted by atomic mass is 16.2. The first-order valence-corrected chi connectivity index (χ1v) is 7.66. The lowest BCUT2D eigenvalue weighted by Crippen LogP contribution is -2.42. The molecule has 0 bridgehead atoms. The number of nitrogens with one attached hydrogen (secondary N) is 3. The Morgan fingerprint density at radius 1 is 1.13 bits per heavy atom. The maximum atomic E-state index is 12.3. The number of rotatable bonds is 5. The van der Waals surface area contributed by atoms with Crippen LogP contribution in [0.5, 0.6) is 0 Å². The van der Waals surface area contributed by atoms with Gasteiger partial charge in [-0.05, 0) is 32.4 Å². The quantitative estimate of drug-likeness (QED) is 0.738. The van der Waals surface area contributed by atoms with Crippen LogP contribution in [0.25, 0.3) is 10.9 Å². The van der Waals surface area contributed by atoms with Crippen molar-refractivity contribution in [3.63, 3.8) is 0 Å². The van der Waals surface area contributed by atoms with E-state index in [0.29, 0.717) is 18.7 Å². The van der Waals surface area contributed by atoms with Crippen LogP contribution in [0.15, 0.2) is 30.5 Å². The summed E-state index contributed by atoms with van der Waals surface area (Å²) in [7, 11) is 0. The summed E-state index contributed by atoms with van der Waals surface area (Å²) in [6.45, 7) is 6.40. The van der Waals surface area contributed by atoms with Gasteiger partial charge in [-0.25, -0.2) is 4.79 Å². The largest absolute Gasteiger partial charge is 0.350 e. The lowest BCUT2D eigenvalue weighted by atomic mass is 10.0. The molecule has 0 unspecified atom stereocenters. The van der Waals surface area contributed by atoms with E-state index >= 15 is 0 Å². The van der Waals surface area contributed by atoms with Crippen LogP contribution in [0.3, 0.4) is 0 Å². The van der Waals surface area contributed by atoms with Gasteiger partial charge in [0.15, 0.2) is 0 Å². The van der Waals surface area contributed by atoms with Crippen molar-refractivity contribution in [2.75, 3.05) is 13.1 Å². The molecule has 1 aromatic heterocycles. The molecule has 0 saturated carbocycles. The van der Waals surface area contributed by atoms with Crippen LogP contribution >= 0.6 is 0 Å². The second kappa shape index (κ2) is 7.58. The van der Waals surface area contributed by atoms with E-state index in [1.807, 2.05) is 45.0 Å². The second-order valence-electron chi connectivity index (χ2n) is 5.62. The summed E-state index contributed by atoms with van der Waals surface area (Å²) in [5.74, 6) is -0.188. The number of urea groups is 1. The molecule has 2 rings (SSSR count). The Labute approximate surface area is 135 Å². The Bertz CT molecular complexity index is 713. The molecule has 6 heteroatoms. The lowest BCUT2D eigenvalue weighted by Gasteiger charge is -2.12. The standard InChI is InChI=1S/C17H22N4O2/c1-11(2)21-17(23)19-9-8-18-16(22)14-10-20-15-7-5-4-6-13(15)12(14)3/h4-7,10-11H,8-9H2,1-3H3,(H,18,22)(H2,19,21,23). The average molecular weight is 314 g/mol. The second-order valence-corrected chi connectivity index (χ2v) is 5.62. The number of hydrogen-bond acceptors (Lipinski definition) is 3. The minimum atomic E-state index is -0.238. The Balaban J connectivity index is 1.91. The average Bonchev–Trinajstić information content (AvgIpc) is 2.51. The number of benzene rings is 1. The summed E-state index contributed by atoms with van der Waals surface area (Å²) in [5, 5.41) is 9.16. The summed E-state index contributed by atoms with van der Waals surface area (Å²) >= 11 is 0. The van der Waals surface area contributed by atoms with Crippen LogP contribution < -0.4 is 16.0 Å². The number of carbonyl (C=O) groups is 2. The van der Waals surface area contributed by atoms with Crippen LogP contribution in [0.4, 0.5) is 4.79 Å². The predicted molar refractivity (Wildman–Crippen MR) is 90.5 cm³/mol. The molecule has 0 aliphatic heterocycles. The Hall–Kier alpha value is -2.63. The first-order chi connectivity index (χ1) is 11.0. The van der Waals surface area contributed by atoms with Gasteiger partial charge in [0.25, 0.3) is 5.91 Å². The van der Waals surface area contributed by atoms with Crippen molar-refractivity contribution in [2.45, 2.75) is 26.8 Å². The van der Waals surface area contributed by atoms with Crippen molar-refractivity contribution < 1.29 is 9.59 Å². The highest BCUT2D eigenvalue weighted by Gasteiger charge is 2.11. The van der Waals surface area contributed by atoms with Gasteiger partial charge < -0.3 is 16.0 Å². The smallest absolute Gasteiger partial charge is 0.315 e. The van der Waals surface area contributed by atoms with E-state index in [2.05, 4.69) is 20.9 Å². The minimum absolute atomic E-state index is 0.0796. The number of para-hydroxylation sites is 1. The first-order valence-electron chi connectivity index (χ1n) is 7.66. The number of aromatic nitrogens is 1.